The number of carbonyl (C=O) groups excluding carboxylic acids is 1. The monoisotopic (exact) mass is 539 g/mol. The molecular weight excluding hydrogens is 509 g/mol. The first-order valence-corrected chi connectivity index (χ1v) is 13.1. The Morgan fingerprint density at radius 1 is 0.895 bits per heavy atom. The molecule has 0 spiro atoms. The van der Waals surface area contributed by atoms with E-state index in [2.05, 4.69) is 20.1 Å². The number of nitrogens with zero attached hydrogens (tertiary/aromatic N) is 5. The molecule has 2 amide bonds. The summed E-state index contributed by atoms with van der Waals surface area (Å²) in [5, 5.41) is 3.50. The molecule has 2 aliphatic rings. The van der Waals surface area contributed by atoms with Crippen LogP contribution in [-0.2, 0) is 13.1 Å². The number of amides is 2. The zero-order valence-corrected chi connectivity index (χ0v) is 21.8. The molecule has 38 heavy (non-hydrogen) atoms. The highest BCUT2D eigenvalue weighted by molar-refractivity contribution is 6.30. The van der Waals surface area contributed by atoms with Gasteiger partial charge in [-0.15, -0.1) is 0 Å². The number of carbonyl (C=O) groups is 1. The number of anilines is 2. The number of piperazine rings is 2. The molecule has 2 saturated heterocycles. The molecule has 200 valence electrons. The number of hydrogen-bond donors (Lipinski definition) is 2. The van der Waals surface area contributed by atoms with Crippen LogP contribution >= 0.6 is 11.6 Å². The zero-order valence-electron chi connectivity index (χ0n) is 21.1. The zero-order chi connectivity index (χ0) is 26.5. The lowest BCUT2D eigenvalue weighted by molar-refractivity contribution is 0.121. The van der Waals surface area contributed by atoms with Crippen LogP contribution in [-0.4, -0.2) is 83.1 Å². The van der Waals surface area contributed by atoms with Gasteiger partial charge in [-0.25, -0.2) is 14.2 Å². The van der Waals surface area contributed by atoms with Crippen molar-refractivity contribution >= 4 is 29.3 Å². The van der Waals surface area contributed by atoms with Crippen LogP contribution in [0, 0.1) is 5.82 Å². The molecule has 5 rings (SSSR count). The molecule has 0 radical (unpaired) electrons. The highest BCUT2D eigenvalue weighted by Crippen LogP contribution is 2.16. The minimum atomic E-state index is -0.218. The van der Waals surface area contributed by atoms with Crippen LogP contribution in [0.2, 0.25) is 5.02 Å². The Labute approximate surface area is 225 Å². The van der Waals surface area contributed by atoms with E-state index in [0.717, 1.165) is 44.0 Å². The molecule has 2 aliphatic heterocycles. The topological polar surface area (TPSA) is 87.8 Å². The molecule has 9 nitrogen and oxygen atoms in total. The summed E-state index contributed by atoms with van der Waals surface area (Å²) in [4.78, 5) is 41.0. The molecule has 0 saturated carbocycles. The van der Waals surface area contributed by atoms with Crippen LogP contribution in [0.25, 0.3) is 0 Å². The van der Waals surface area contributed by atoms with Gasteiger partial charge in [0.25, 0.3) is 5.56 Å². The van der Waals surface area contributed by atoms with Crippen molar-refractivity contribution in [1.29, 1.82) is 0 Å². The van der Waals surface area contributed by atoms with Gasteiger partial charge >= 0.3 is 6.03 Å². The van der Waals surface area contributed by atoms with E-state index in [-0.39, 0.29) is 17.4 Å². The van der Waals surface area contributed by atoms with E-state index >= 15 is 0 Å². The summed E-state index contributed by atoms with van der Waals surface area (Å²) in [5.74, 6) is 0.324. The molecule has 3 aromatic rings. The van der Waals surface area contributed by atoms with Gasteiger partial charge in [0, 0.05) is 82.2 Å². The van der Waals surface area contributed by atoms with Crippen molar-refractivity contribution in [2.75, 3.05) is 62.6 Å². The Morgan fingerprint density at radius 2 is 1.53 bits per heavy atom. The minimum Gasteiger partial charge on any atom is -0.339 e. The van der Waals surface area contributed by atoms with Gasteiger partial charge in [0.05, 0.1) is 5.69 Å². The molecule has 0 bridgehead atoms. The third-order valence-electron chi connectivity index (χ3n) is 6.91. The van der Waals surface area contributed by atoms with Crippen molar-refractivity contribution in [2.45, 2.75) is 13.1 Å². The van der Waals surface area contributed by atoms with E-state index < -0.39 is 0 Å². The minimum absolute atomic E-state index is 0.166. The largest absolute Gasteiger partial charge is 0.339 e. The standard InChI is InChI=1S/C27H31ClFN7O2/c28-21-3-7-23(8-4-21)31-27(38)36-15-13-35(14-16-36)26-30-24(17-25(37)32-26)19-34-11-9-33(10-12-34)18-20-1-5-22(29)6-2-20/h1-8,17H,9-16,18-19H2,(H,31,38)(H,30,32,37). The Bertz CT molecular complexity index is 1290. The van der Waals surface area contributed by atoms with Crippen molar-refractivity contribution in [3.63, 3.8) is 0 Å². The summed E-state index contributed by atoms with van der Waals surface area (Å²) in [6.45, 7) is 7.10. The summed E-state index contributed by atoms with van der Waals surface area (Å²) in [6.07, 6.45) is 0. The third kappa shape index (κ3) is 6.89. The highest BCUT2D eigenvalue weighted by Gasteiger charge is 2.24. The lowest BCUT2D eigenvalue weighted by atomic mass is 10.2. The predicted octanol–water partition coefficient (Wildman–Crippen LogP) is 3.23. The van der Waals surface area contributed by atoms with Crippen molar-refractivity contribution < 1.29 is 9.18 Å². The highest BCUT2D eigenvalue weighted by atomic mass is 35.5. The first-order chi connectivity index (χ1) is 18.4. The van der Waals surface area contributed by atoms with Crippen LogP contribution in [0.5, 0.6) is 0 Å². The van der Waals surface area contributed by atoms with Gasteiger partial charge in [-0.2, -0.15) is 0 Å². The quantitative estimate of drug-likeness (QED) is 0.500. The molecule has 2 fully saturated rings. The molecule has 2 aromatic carbocycles. The summed E-state index contributed by atoms with van der Waals surface area (Å²) < 4.78 is 13.2. The Kier molecular flexibility index (Phi) is 8.21. The van der Waals surface area contributed by atoms with Crippen molar-refractivity contribution in [3.05, 3.63) is 87.0 Å². The van der Waals surface area contributed by atoms with Crippen molar-refractivity contribution in [1.82, 2.24) is 24.7 Å². The van der Waals surface area contributed by atoms with Gasteiger partial charge in [0.15, 0.2) is 0 Å². The number of aromatic nitrogens is 2. The van der Waals surface area contributed by atoms with Gasteiger partial charge in [-0.1, -0.05) is 23.7 Å². The van der Waals surface area contributed by atoms with E-state index in [1.54, 1.807) is 35.2 Å². The number of rotatable bonds is 6. The second kappa shape index (κ2) is 11.9. The average Bonchev–Trinajstić information content (AvgIpc) is 2.92. The molecular formula is C27H31ClFN7O2. The van der Waals surface area contributed by atoms with Gasteiger partial charge in [-0.3, -0.25) is 19.6 Å². The Hall–Kier alpha value is -3.47. The summed E-state index contributed by atoms with van der Waals surface area (Å²) in [5.41, 5.74) is 2.35. The van der Waals surface area contributed by atoms with Crippen LogP contribution < -0.4 is 15.8 Å². The Balaban J connectivity index is 1.11. The van der Waals surface area contributed by atoms with Gasteiger partial charge in [-0.05, 0) is 42.0 Å². The van der Waals surface area contributed by atoms with Crippen molar-refractivity contribution in [3.8, 4) is 0 Å². The summed E-state index contributed by atoms with van der Waals surface area (Å²) in [7, 11) is 0. The SMILES string of the molecule is O=C(Nc1ccc(Cl)cc1)N1CCN(c2nc(CN3CCN(Cc4ccc(F)cc4)CC3)cc(=O)[nH]2)CC1. The van der Waals surface area contributed by atoms with E-state index in [1.807, 2.05) is 17.0 Å². The molecule has 11 heteroatoms. The normalized spacial score (nSPS) is 17.0. The molecule has 0 atom stereocenters. The third-order valence-corrected chi connectivity index (χ3v) is 7.17. The number of halogens is 2. The fourth-order valence-electron chi connectivity index (χ4n) is 4.76. The summed E-state index contributed by atoms with van der Waals surface area (Å²) >= 11 is 5.91. The number of H-pyrrole nitrogens is 1. The molecule has 0 aliphatic carbocycles. The smallest absolute Gasteiger partial charge is 0.321 e. The van der Waals surface area contributed by atoms with Crippen molar-refractivity contribution in [2.24, 2.45) is 0 Å². The number of hydrogen-bond acceptors (Lipinski definition) is 6. The van der Waals surface area contributed by atoms with Gasteiger partial charge in [0.2, 0.25) is 5.95 Å². The van der Waals surface area contributed by atoms with E-state index in [1.165, 1.54) is 12.1 Å². The van der Waals surface area contributed by atoms with Crippen LogP contribution in [0.15, 0.2) is 59.4 Å². The predicted molar refractivity (Wildman–Crippen MR) is 146 cm³/mol. The fraction of sp³-hybridized carbons (Fsp3) is 0.370. The van der Waals surface area contributed by atoms with Gasteiger partial charge in [0.1, 0.15) is 5.82 Å². The molecule has 3 heterocycles. The lowest BCUT2D eigenvalue weighted by Gasteiger charge is -2.36. The van der Waals surface area contributed by atoms with E-state index in [0.29, 0.717) is 49.4 Å². The van der Waals surface area contributed by atoms with Gasteiger partial charge < -0.3 is 15.1 Å². The maximum absolute atomic E-state index is 13.2. The second-order valence-electron chi connectivity index (χ2n) is 9.65. The van der Waals surface area contributed by atoms with E-state index in [4.69, 9.17) is 16.6 Å². The van der Waals surface area contributed by atoms with Crippen LogP contribution in [0.3, 0.4) is 0 Å². The first-order valence-electron chi connectivity index (χ1n) is 12.8. The van der Waals surface area contributed by atoms with E-state index in [9.17, 15) is 14.0 Å². The van der Waals surface area contributed by atoms with Crippen LogP contribution in [0.1, 0.15) is 11.3 Å². The Morgan fingerprint density at radius 3 is 2.18 bits per heavy atom. The number of aromatic amines is 1. The first kappa shape index (κ1) is 26.1. The molecule has 1 aromatic heterocycles. The molecule has 2 N–H and O–H groups in total. The number of nitrogens with one attached hydrogen (secondary N) is 2. The summed E-state index contributed by atoms with van der Waals surface area (Å²) in [6, 6.07) is 15.0. The maximum atomic E-state index is 13.2. The number of urea groups is 1. The second-order valence-corrected chi connectivity index (χ2v) is 10.1. The molecule has 0 unspecified atom stereocenters. The lowest BCUT2D eigenvalue weighted by Crippen LogP contribution is -2.51. The number of benzene rings is 2. The fourth-order valence-corrected chi connectivity index (χ4v) is 4.89. The average molecular weight is 540 g/mol. The van der Waals surface area contributed by atoms with Crippen LogP contribution in [0.4, 0.5) is 20.8 Å². The maximum Gasteiger partial charge on any atom is 0.321 e.